The number of halogens is 1. The van der Waals surface area contributed by atoms with Gasteiger partial charge in [-0.25, -0.2) is 14.2 Å². The molecule has 3 rings (SSSR count). The Kier molecular flexibility index (Phi) is 5.30. The third-order valence-corrected chi connectivity index (χ3v) is 3.89. The van der Waals surface area contributed by atoms with E-state index in [-0.39, 0.29) is 23.7 Å². The molecule has 0 saturated carbocycles. The summed E-state index contributed by atoms with van der Waals surface area (Å²) in [5.41, 5.74) is 2.04. The number of ether oxygens (including phenoxy) is 1. The first-order valence-electron chi connectivity index (χ1n) is 8.38. The van der Waals surface area contributed by atoms with Crippen LogP contribution in [0.5, 0.6) is 0 Å². The van der Waals surface area contributed by atoms with Crippen LogP contribution in [0.1, 0.15) is 33.3 Å². The van der Waals surface area contributed by atoms with Gasteiger partial charge < -0.3 is 10.1 Å². The average molecular weight is 367 g/mol. The van der Waals surface area contributed by atoms with Crippen molar-refractivity contribution >= 4 is 17.7 Å². The van der Waals surface area contributed by atoms with Crippen LogP contribution in [0.3, 0.4) is 0 Å². The first-order valence-corrected chi connectivity index (χ1v) is 8.38. The number of anilines is 1. The molecule has 0 aliphatic heterocycles. The number of benzene rings is 2. The molecule has 1 N–H and O–H groups in total. The molecule has 6 nitrogen and oxygen atoms in total. The zero-order chi connectivity index (χ0) is 19.4. The summed E-state index contributed by atoms with van der Waals surface area (Å²) in [6.07, 6.45) is 1.44. The van der Waals surface area contributed by atoms with Crippen LogP contribution < -0.4 is 5.32 Å². The summed E-state index contributed by atoms with van der Waals surface area (Å²) >= 11 is 0. The van der Waals surface area contributed by atoms with Gasteiger partial charge in [0, 0.05) is 11.3 Å². The second kappa shape index (κ2) is 7.82. The number of aryl methyl sites for hydroxylation is 1. The summed E-state index contributed by atoms with van der Waals surface area (Å²) in [6.45, 7) is 3.83. The maximum absolute atomic E-state index is 13.1. The van der Waals surface area contributed by atoms with E-state index < -0.39 is 17.7 Å². The van der Waals surface area contributed by atoms with Gasteiger partial charge in [-0.1, -0.05) is 17.7 Å². The number of hydrogen-bond donors (Lipinski definition) is 1. The Labute approximate surface area is 155 Å². The third-order valence-electron chi connectivity index (χ3n) is 3.89. The highest BCUT2D eigenvalue weighted by atomic mass is 19.1. The molecule has 0 bridgehead atoms. The molecule has 1 aromatic heterocycles. The normalized spacial score (nSPS) is 10.5. The van der Waals surface area contributed by atoms with Gasteiger partial charge in [0.05, 0.1) is 6.61 Å². The number of nitrogens with zero attached hydrogens (tertiary/aromatic N) is 2. The molecule has 0 unspecified atom stereocenters. The quantitative estimate of drug-likeness (QED) is 0.697. The van der Waals surface area contributed by atoms with Crippen LogP contribution in [0.4, 0.5) is 10.2 Å². The highest BCUT2D eigenvalue weighted by molar-refractivity contribution is 6.07. The average Bonchev–Trinajstić information content (AvgIpc) is 3.06. The highest BCUT2D eigenvalue weighted by Gasteiger charge is 2.22. The van der Waals surface area contributed by atoms with Crippen molar-refractivity contribution in [1.29, 1.82) is 0 Å². The molecule has 1 heterocycles. The third kappa shape index (κ3) is 4.03. The fourth-order valence-electron chi connectivity index (χ4n) is 2.50. The molecule has 3 aromatic rings. The minimum Gasteiger partial charge on any atom is -0.461 e. The van der Waals surface area contributed by atoms with Crippen LogP contribution in [0, 0.1) is 12.7 Å². The standard InChI is InChI=1S/C20H18FN3O3/c1-3-27-20(26)17-18(23-19(25)14-6-8-15(21)9-7-14)24(12-22-17)16-10-4-13(2)5-11-16/h4-12H,3H2,1-2H3,(H,23,25). The molecule has 2 aromatic carbocycles. The number of amides is 1. The lowest BCUT2D eigenvalue weighted by atomic mass is 10.2. The summed E-state index contributed by atoms with van der Waals surface area (Å²) in [5.74, 6) is -1.39. The number of nitrogens with one attached hydrogen (secondary N) is 1. The fraction of sp³-hybridized carbons (Fsp3) is 0.150. The van der Waals surface area contributed by atoms with E-state index in [1.807, 2.05) is 31.2 Å². The first-order chi connectivity index (χ1) is 13.0. The number of aromatic nitrogens is 2. The molecule has 27 heavy (non-hydrogen) atoms. The minimum atomic E-state index is -0.641. The van der Waals surface area contributed by atoms with Crippen molar-refractivity contribution < 1.29 is 18.7 Å². The number of hydrogen-bond acceptors (Lipinski definition) is 4. The molecule has 0 radical (unpaired) electrons. The van der Waals surface area contributed by atoms with E-state index in [9.17, 15) is 14.0 Å². The Morgan fingerprint density at radius 1 is 1.11 bits per heavy atom. The van der Waals surface area contributed by atoms with Crippen molar-refractivity contribution in [2.24, 2.45) is 0 Å². The predicted octanol–water partition coefficient (Wildman–Crippen LogP) is 3.75. The smallest absolute Gasteiger partial charge is 0.360 e. The van der Waals surface area contributed by atoms with E-state index in [4.69, 9.17) is 4.74 Å². The molecule has 0 saturated heterocycles. The van der Waals surface area contributed by atoms with E-state index >= 15 is 0 Å². The number of carbonyl (C=O) groups is 2. The van der Waals surface area contributed by atoms with Crippen LogP contribution in [-0.4, -0.2) is 28.0 Å². The van der Waals surface area contributed by atoms with Gasteiger partial charge in [0.1, 0.15) is 12.1 Å². The van der Waals surface area contributed by atoms with Crippen molar-refractivity contribution in [2.75, 3.05) is 11.9 Å². The molecular formula is C20H18FN3O3. The Bertz CT molecular complexity index is 963. The van der Waals surface area contributed by atoms with Gasteiger partial charge in [-0.3, -0.25) is 9.36 Å². The van der Waals surface area contributed by atoms with E-state index in [1.165, 1.54) is 30.6 Å². The maximum atomic E-state index is 13.1. The molecular weight excluding hydrogens is 349 g/mol. The molecule has 0 aliphatic rings. The fourth-order valence-corrected chi connectivity index (χ4v) is 2.50. The van der Waals surface area contributed by atoms with Gasteiger partial charge in [0.15, 0.2) is 11.5 Å². The number of imidazole rings is 1. The van der Waals surface area contributed by atoms with E-state index in [0.29, 0.717) is 0 Å². The summed E-state index contributed by atoms with van der Waals surface area (Å²) in [6, 6.07) is 12.6. The summed E-state index contributed by atoms with van der Waals surface area (Å²) in [7, 11) is 0. The Balaban J connectivity index is 2.00. The summed E-state index contributed by atoms with van der Waals surface area (Å²) < 4.78 is 19.7. The summed E-state index contributed by atoms with van der Waals surface area (Å²) in [5, 5.41) is 2.69. The van der Waals surface area contributed by atoms with Crippen LogP contribution in [0.15, 0.2) is 54.9 Å². The van der Waals surface area contributed by atoms with Crippen molar-refractivity contribution in [3.63, 3.8) is 0 Å². The molecule has 1 amide bonds. The van der Waals surface area contributed by atoms with Gasteiger partial charge >= 0.3 is 5.97 Å². The minimum absolute atomic E-state index is 0.00659. The zero-order valence-corrected chi connectivity index (χ0v) is 14.9. The molecule has 0 spiro atoms. The lowest BCUT2D eigenvalue weighted by Gasteiger charge is -2.12. The topological polar surface area (TPSA) is 73.2 Å². The number of carbonyl (C=O) groups excluding carboxylic acids is 2. The molecule has 138 valence electrons. The van der Waals surface area contributed by atoms with Crippen LogP contribution in [0.2, 0.25) is 0 Å². The van der Waals surface area contributed by atoms with E-state index in [2.05, 4.69) is 10.3 Å². The van der Waals surface area contributed by atoms with Gasteiger partial charge in [-0.2, -0.15) is 0 Å². The molecule has 0 atom stereocenters. The molecule has 0 aliphatic carbocycles. The Morgan fingerprint density at radius 3 is 2.41 bits per heavy atom. The zero-order valence-electron chi connectivity index (χ0n) is 14.9. The lowest BCUT2D eigenvalue weighted by molar-refractivity contribution is 0.0521. The molecule has 0 fully saturated rings. The predicted molar refractivity (Wildman–Crippen MR) is 98.6 cm³/mol. The highest BCUT2D eigenvalue weighted by Crippen LogP contribution is 2.22. The maximum Gasteiger partial charge on any atom is 0.360 e. The van der Waals surface area contributed by atoms with Gasteiger partial charge in [-0.05, 0) is 50.2 Å². The Hall–Kier alpha value is -3.48. The largest absolute Gasteiger partial charge is 0.461 e. The SMILES string of the molecule is CCOC(=O)c1ncn(-c2ccc(C)cc2)c1NC(=O)c1ccc(F)cc1. The second-order valence-electron chi connectivity index (χ2n) is 5.83. The van der Waals surface area contributed by atoms with Gasteiger partial charge in [0.2, 0.25) is 0 Å². The van der Waals surface area contributed by atoms with E-state index in [0.717, 1.165) is 11.3 Å². The van der Waals surface area contributed by atoms with Gasteiger partial charge in [-0.15, -0.1) is 0 Å². The number of esters is 1. The molecule has 7 heteroatoms. The van der Waals surface area contributed by atoms with Crippen molar-refractivity contribution in [1.82, 2.24) is 9.55 Å². The Morgan fingerprint density at radius 2 is 1.78 bits per heavy atom. The van der Waals surface area contributed by atoms with Crippen molar-refractivity contribution in [2.45, 2.75) is 13.8 Å². The second-order valence-corrected chi connectivity index (χ2v) is 5.83. The monoisotopic (exact) mass is 367 g/mol. The number of rotatable bonds is 5. The van der Waals surface area contributed by atoms with E-state index in [1.54, 1.807) is 11.5 Å². The lowest BCUT2D eigenvalue weighted by Crippen LogP contribution is -2.18. The first kappa shape index (κ1) is 18.3. The summed E-state index contributed by atoms with van der Waals surface area (Å²) in [4.78, 5) is 28.9. The van der Waals surface area contributed by atoms with Crippen molar-refractivity contribution in [3.05, 3.63) is 77.5 Å². The van der Waals surface area contributed by atoms with Crippen LogP contribution >= 0.6 is 0 Å². The van der Waals surface area contributed by atoms with Crippen molar-refractivity contribution in [3.8, 4) is 5.69 Å². The van der Waals surface area contributed by atoms with Crippen LogP contribution in [0.25, 0.3) is 5.69 Å². The van der Waals surface area contributed by atoms with Gasteiger partial charge in [0.25, 0.3) is 5.91 Å². The van der Waals surface area contributed by atoms with Crippen LogP contribution in [-0.2, 0) is 4.74 Å².